The number of aliphatic carboxylic acids is 1. The van der Waals surface area contributed by atoms with E-state index in [1.54, 1.807) is 0 Å². The number of H-pyrrole nitrogens is 1. The highest BCUT2D eigenvalue weighted by atomic mass is 32.2. The number of aromatic amines is 1. The van der Waals surface area contributed by atoms with E-state index < -0.39 is 129 Å². The van der Waals surface area contributed by atoms with E-state index in [1.165, 1.54) is 49.4 Å². The number of hydrogen-bond acceptors (Lipinski definition) is 23. The van der Waals surface area contributed by atoms with E-state index in [1.807, 2.05) is 0 Å². The van der Waals surface area contributed by atoms with Crippen LogP contribution >= 0.6 is 0 Å². The SMILES string of the molecule is Cc1cc(/N=N/c2c(S(=O)(=O)O)cc3c(ccc4nc(-c5ccc(/N=N/C6C(=O)N(c7ccc(S(=O)(=O)O)cc7)N=C6C(=O)O)cc5)[nH]c43)c2O)c(OCCCS(=O)(=O)O)cc1/N=N/c1cc(S(=O)(=O)O)cc2cc(S(=O)(=O)O)cc(O)c12. The zero-order chi connectivity index (χ0) is 60.3. The van der Waals surface area contributed by atoms with E-state index in [0.29, 0.717) is 16.6 Å². The fourth-order valence-corrected chi connectivity index (χ4v) is 10.9. The van der Waals surface area contributed by atoms with E-state index in [2.05, 4.69) is 45.8 Å². The summed E-state index contributed by atoms with van der Waals surface area (Å²) in [6, 6.07) is 17.5. The van der Waals surface area contributed by atoms with Crippen molar-refractivity contribution in [2.45, 2.75) is 39.0 Å². The van der Waals surface area contributed by atoms with E-state index in [4.69, 9.17) is 4.74 Å². The van der Waals surface area contributed by atoms with Gasteiger partial charge in [-0.05, 0) is 115 Å². The van der Waals surface area contributed by atoms with Crippen LogP contribution in [0, 0.1) is 6.92 Å². The molecule has 1 aliphatic heterocycles. The van der Waals surface area contributed by atoms with Gasteiger partial charge >= 0.3 is 5.97 Å². The molecular formula is C47H36N10O21S5. The molecule has 0 bridgehead atoms. The third-order valence-electron chi connectivity index (χ3n) is 12.1. The van der Waals surface area contributed by atoms with Gasteiger partial charge in [-0.25, -0.2) is 9.78 Å². The van der Waals surface area contributed by atoms with Crippen LogP contribution in [0.15, 0.2) is 158 Å². The summed E-state index contributed by atoms with van der Waals surface area (Å²) in [5.74, 6) is -5.02. The highest BCUT2D eigenvalue weighted by Crippen LogP contribution is 2.46. The minimum Gasteiger partial charge on any atom is -0.507 e. The van der Waals surface area contributed by atoms with E-state index in [-0.39, 0.29) is 78.9 Å². The Bertz CT molecular complexity index is 4800. The van der Waals surface area contributed by atoms with Gasteiger partial charge in [-0.15, -0.1) is 15.3 Å². The molecule has 36 heteroatoms. The van der Waals surface area contributed by atoms with Crippen LogP contribution in [0.2, 0.25) is 0 Å². The number of imidazole rings is 1. The van der Waals surface area contributed by atoms with Crippen LogP contribution in [0.1, 0.15) is 12.0 Å². The third-order valence-corrected chi connectivity index (χ3v) is 16.3. The molecule has 1 unspecified atom stereocenters. The number of aryl methyl sites for hydroxylation is 1. The van der Waals surface area contributed by atoms with Gasteiger partial charge in [0.05, 0.1) is 66.2 Å². The Balaban J connectivity index is 1.03. The number of carboxylic acids is 1. The molecule has 1 atom stereocenters. The second-order valence-corrected chi connectivity index (χ2v) is 24.9. The van der Waals surface area contributed by atoms with E-state index in [9.17, 15) is 89.8 Å². The lowest BCUT2D eigenvalue weighted by Crippen LogP contribution is -2.33. The molecular weight excluding hydrogens is 1200 g/mol. The first kappa shape index (κ1) is 58.5. The summed E-state index contributed by atoms with van der Waals surface area (Å²) in [6.07, 6.45) is -0.305. The van der Waals surface area contributed by atoms with Gasteiger partial charge in [0.1, 0.15) is 33.6 Å². The van der Waals surface area contributed by atoms with Crippen molar-refractivity contribution >= 4 is 135 Å². The first-order chi connectivity index (χ1) is 38.7. The summed E-state index contributed by atoms with van der Waals surface area (Å²) in [5.41, 5.74) is -1.23. The van der Waals surface area contributed by atoms with E-state index in [0.717, 1.165) is 54.6 Å². The van der Waals surface area contributed by atoms with Crippen molar-refractivity contribution in [1.29, 1.82) is 0 Å². The van der Waals surface area contributed by atoms with Gasteiger partial charge in [-0.1, -0.05) is 0 Å². The van der Waals surface area contributed by atoms with Crippen molar-refractivity contribution in [3.63, 3.8) is 0 Å². The molecule has 0 spiro atoms. The number of aromatic nitrogens is 2. The quantitative estimate of drug-likeness (QED) is 0.0226. The van der Waals surface area contributed by atoms with Crippen LogP contribution in [0.5, 0.6) is 17.2 Å². The molecule has 9 rings (SSSR count). The first-order valence-corrected chi connectivity index (χ1v) is 30.3. The summed E-state index contributed by atoms with van der Waals surface area (Å²) in [7, 11) is -24.3. The average molecular weight is 1240 g/mol. The zero-order valence-corrected chi connectivity index (χ0v) is 45.5. The Kier molecular flexibility index (Phi) is 15.3. The number of fused-ring (bicyclic) bond motifs is 4. The molecule has 2 heterocycles. The molecule has 83 heavy (non-hydrogen) atoms. The number of aromatic hydroxyl groups is 2. The number of carbonyl (C=O) groups is 2. The maximum absolute atomic E-state index is 13.3. The minimum atomic E-state index is -5.26. The number of rotatable bonds is 18. The predicted octanol–water partition coefficient (Wildman–Crippen LogP) is 7.67. The molecule has 0 saturated carbocycles. The number of amides is 1. The summed E-state index contributed by atoms with van der Waals surface area (Å²) in [5, 5.41) is 60.2. The molecule has 8 aromatic rings. The highest BCUT2D eigenvalue weighted by Gasteiger charge is 2.41. The fraction of sp³-hybridized carbons (Fsp3) is 0.106. The molecule has 1 aromatic heterocycles. The van der Waals surface area contributed by atoms with Crippen molar-refractivity contribution in [1.82, 2.24) is 9.97 Å². The number of azo groups is 3. The molecule has 0 saturated heterocycles. The second kappa shape index (κ2) is 21.7. The number of anilines is 1. The number of nitrogens with one attached hydrogen (secondary N) is 1. The maximum atomic E-state index is 13.3. The number of hydrogen-bond donors (Lipinski definition) is 9. The van der Waals surface area contributed by atoms with Gasteiger partial charge in [-0.3, -0.25) is 27.6 Å². The Morgan fingerprint density at radius 1 is 0.675 bits per heavy atom. The molecule has 0 aliphatic carbocycles. The molecule has 0 fully saturated rings. The normalized spacial score (nSPS) is 14.8. The topological polar surface area (TPSA) is 494 Å². The predicted molar refractivity (Wildman–Crippen MR) is 289 cm³/mol. The number of benzene rings is 7. The molecule has 9 N–H and O–H groups in total. The van der Waals surface area contributed by atoms with Crippen molar-refractivity contribution in [3.05, 3.63) is 109 Å². The zero-order valence-electron chi connectivity index (χ0n) is 41.5. The number of ether oxygens (including phenoxy) is 1. The second-order valence-electron chi connectivity index (χ2n) is 17.7. The van der Waals surface area contributed by atoms with Gasteiger partial charge in [0.2, 0.25) is 6.04 Å². The monoisotopic (exact) mass is 1240 g/mol. The van der Waals surface area contributed by atoms with E-state index >= 15 is 0 Å². The van der Waals surface area contributed by atoms with Gasteiger partial charge in [-0.2, -0.15) is 67.5 Å². The summed E-state index contributed by atoms with van der Waals surface area (Å²) >= 11 is 0. The van der Waals surface area contributed by atoms with Crippen LogP contribution in [0.25, 0.3) is 44.0 Å². The van der Waals surface area contributed by atoms with Crippen LogP contribution in [-0.2, 0) is 60.2 Å². The lowest BCUT2D eigenvalue weighted by molar-refractivity contribution is -0.130. The number of carboxylic acid groups (broad SMARTS) is 1. The summed E-state index contributed by atoms with van der Waals surface area (Å²) in [4.78, 5) is 29.8. The smallest absolute Gasteiger partial charge is 0.355 e. The highest BCUT2D eigenvalue weighted by molar-refractivity contribution is 7.86. The number of carbonyl (C=O) groups excluding carboxylic acids is 1. The standard InChI is InChI=1S/C47H36N10O21S5/c1-22-15-34(37(78-13-2-14-79(63,64)65)21-33(22)51-53-35-18-28(81(69,70)71)16-24-17-29(82(72,73)74)19-36(58)39(24)35)52-54-41-38(83(75,76)77)20-31-30(44(41)59)11-12-32-40(31)49-45(48-32)23-3-5-25(6-4-23)50-55-42-43(47(61)62)56-57(46(42)60)26-7-9-27(10-8-26)80(66,67)68/h3-12,15-21,42,58-59H,2,13-14H2,1H3,(H,48,49)(H,61,62)(H,63,64,65)(H,66,67,68)(H,69,70,71)(H,72,73,74)(H,75,76,77)/b53-51+,54-52+,55-50+. The lowest BCUT2D eigenvalue weighted by Gasteiger charge is -2.12. The minimum absolute atomic E-state index is 0.00630. The number of hydrazone groups is 1. The average Bonchev–Trinajstić information content (AvgIpc) is 4.02. The Morgan fingerprint density at radius 2 is 1.30 bits per heavy atom. The summed E-state index contributed by atoms with van der Waals surface area (Å²) in [6.45, 7) is 1.00. The number of phenolic OH excluding ortho intramolecular Hbond substituents is 2. The molecule has 31 nitrogen and oxygen atoms in total. The fourth-order valence-electron chi connectivity index (χ4n) is 8.18. The summed E-state index contributed by atoms with van der Waals surface area (Å²) < 4.78 is 174. The van der Waals surface area contributed by atoms with Crippen molar-refractivity contribution in [2.75, 3.05) is 17.4 Å². The first-order valence-electron chi connectivity index (χ1n) is 23.0. The van der Waals surface area contributed by atoms with Crippen LogP contribution in [-0.4, -0.2) is 126 Å². The van der Waals surface area contributed by atoms with Crippen LogP contribution in [0.3, 0.4) is 0 Å². The van der Waals surface area contributed by atoms with Crippen molar-refractivity contribution in [3.8, 4) is 28.6 Å². The Morgan fingerprint density at radius 3 is 1.92 bits per heavy atom. The van der Waals surface area contributed by atoms with Gasteiger partial charge in [0, 0.05) is 28.5 Å². The van der Waals surface area contributed by atoms with Crippen LogP contribution in [0.4, 0.5) is 34.1 Å². The van der Waals surface area contributed by atoms with Gasteiger partial charge < -0.3 is 25.0 Å². The van der Waals surface area contributed by atoms with Gasteiger partial charge in [0.25, 0.3) is 56.5 Å². The van der Waals surface area contributed by atoms with Crippen molar-refractivity contribution in [2.24, 2.45) is 35.8 Å². The molecule has 430 valence electrons. The largest absolute Gasteiger partial charge is 0.507 e. The van der Waals surface area contributed by atoms with Crippen molar-refractivity contribution < 1.29 is 94.5 Å². The lowest BCUT2D eigenvalue weighted by atomic mass is 10.1. The molecule has 0 radical (unpaired) electrons. The van der Waals surface area contributed by atoms with Gasteiger partial charge in [0.15, 0.2) is 11.5 Å². The van der Waals surface area contributed by atoms with Crippen LogP contribution < -0.4 is 9.75 Å². The number of phenols is 2. The maximum Gasteiger partial charge on any atom is 0.355 e. The Labute approximate surface area is 466 Å². The third kappa shape index (κ3) is 12.5. The number of nitrogens with zero attached hydrogens (tertiary/aromatic N) is 9. The molecule has 1 amide bonds. The molecule has 1 aliphatic rings. The Hall–Kier alpha value is -9.11. The molecule has 7 aromatic carbocycles.